The van der Waals surface area contributed by atoms with E-state index in [1.165, 1.54) is 17.6 Å². The molecule has 0 aromatic carbocycles. The van der Waals surface area contributed by atoms with Crippen LogP contribution in [0, 0.1) is 5.92 Å². The smallest absolute Gasteiger partial charge is 0.0592 e. The second kappa shape index (κ2) is 7.54. The maximum atomic E-state index is 3.93. The molecule has 0 fully saturated rings. The van der Waals surface area contributed by atoms with Crippen LogP contribution in [-0.2, 0) is 0 Å². The monoisotopic (exact) mass is 193 g/mol. The highest BCUT2D eigenvalue weighted by Gasteiger charge is 2.05. The van der Waals surface area contributed by atoms with Crippen LogP contribution >= 0.6 is 0 Å². The summed E-state index contributed by atoms with van der Waals surface area (Å²) in [6.07, 6.45) is 6.68. The first kappa shape index (κ1) is 13.2. The molecular weight excluding hydrogens is 170 g/mol. The molecule has 0 aromatic heterocycles. The van der Waals surface area contributed by atoms with E-state index >= 15 is 0 Å². The summed E-state index contributed by atoms with van der Waals surface area (Å²) in [5, 5.41) is 0. The highest BCUT2D eigenvalue weighted by Crippen LogP contribution is 2.19. The van der Waals surface area contributed by atoms with Crippen LogP contribution in [0.3, 0.4) is 0 Å². The molecule has 0 bridgehead atoms. The average molecular weight is 193 g/mol. The molecular formula is C13H23N. The summed E-state index contributed by atoms with van der Waals surface area (Å²) in [7, 11) is 0. The number of hydrogen-bond donors (Lipinski definition) is 0. The van der Waals surface area contributed by atoms with Crippen LogP contribution in [0.15, 0.2) is 28.3 Å². The second-order valence-electron chi connectivity index (χ2n) is 3.98. The van der Waals surface area contributed by atoms with Gasteiger partial charge in [-0.05, 0) is 46.2 Å². The Morgan fingerprint density at radius 2 is 1.93 bits per heavy atom. The topological polar surface area (TPSA) is 12.4 Å². The number of aliphatic imine (C=N–C) groups is 1. The standard InChI is InChI=1S/C13H23N/c1-6-11(3)8-12(4)9-13(7-2)10-14-5/h6-7,12H,5,8-10H2,1-4H3/b11-6+,13-7+. The van der Waals surface area contributed by atoms with Gasteiger partial charge in [0.05, 0.1) is 6.54 Å². The zero-order valence-electron chi connectivity index (χ0n) is 10.0. The predicted molar refractivity (Wildman–Crippen MR) is 66.0 cm³/mol. The van der Waals surface area contributed by atoms with Crippen molar-refractivity contribution in [1.82, 2.24) is 0 Å². The zero-order valence-corrected chi connectivity index (χ0v) is 10.0. The number of hydrogen-bond acceptors (Lipinski definition) is 1. The van der Waals surface area contributed by atoms with Gasteiger partial charge in [0.25, 0.3) is 0 Å². The van der Waals surface area contributed by atoms with Crippen molar-refractivity contribution in [3.05, 3.63) is 23.3 Å². The maximum absolute atomic E-state index is 3.93. The van der Waals surface area contributed by atoms with Gasteiger partial charge in [0.15, 0.2) is 0 Å². The Hall–Kier alpha value is -0.850. The molecule has 0 aromatic rings. The summed E-state index contributed by atoms with van der Waals surface area (Å²) in [6.45, 7) is 13.0. The first-order valence-corrected chi connectivity index (χ1v) is 5.32. The quantitative estimate of drug-likeness (QED) is 0.446. The van der Waals surface area contributed by atoms with E-state index in [9.17, 15) is 0 Å². The second-order valence-corrected chi connectivity index (χ2v) is 3.98. The van der Waals surface area contributed by atoms with Gasteiger partial charge >= 0.3 is 0 Å². The fraction of sp³-hybridized carbons (Fsp3) is 0.615. The van der Waals surface area contributed by atoms with E-state index in [4.69, 9.17) is 0 Å². The number of nitrogens with zero attached hydrogens (tertiary/aromatic N) is 1. The van der Waals surface area contributed by atoms with Gasteiger partial charge in [-0.1, -0.05) is 30.2 Å². The lowest BCUT2D eigenvalue weighted by Crippen LogP contribution is -2.00. The molecule has 1 unspecified atom stereocenters. The van der Waals surface area contributed by atoms with Crippen LogP contribution in [0.5, 0.6) is 0 Å². The summed E-state index contributed by atoms with van der Waals surface area (Å²) >= 11 is 0. The van der Waals surface area contributed by atoms with Crippen LogP contribution in [-0.4, -0.2) is 13.3 Å². The van der Waals surface area contributed by atoms with Crippen molar-refractivity contribution < 1.29 is 0 Å². The van der Waals surface area contributed by atoms with Crippen LogP contribution in [0.4, 0.5) is 0 Å². The van der Waals surface area contributed by atoms with Crippen LogP contribution in [0.2, 0.25) is 0 Å². The van der Waals surface area contributed by atoms with E-state index < -0.39 is 0 Å². The lowest BCUT2D eigenvalue weighted by molar-refractivity contribution is 0.566. The minimum atomic E-state index is 0.708. The van der Waals surface area contributed by atoms with Gasteiger partial charge in [-0.25, -0.2) is 0 Å². The third-order valence-corrected chi connectivity index (χ3v) is 2.50. The molecule has 0 aliphatic heterocycles. The molecule has 80 valence electrons. The molecule has 1 heteroatoms. The lowest BCUT2D eigenvalue weighted by atomic mass is 9.94. The minimum Gasteiger partial charge on any atom is -0.297 e. The van der Waals surface area contributed by atoms with Crippen LogP contribution in [0.25, 0.3) is 0 Å². The van der Waals surface area contributed by atoms with Crippen molar-refractivity contribution >= 4 is 6.72 Å². The Labute approximate surface area is 88.6 Å². The van der Waals surface area contributed by atoms with E-state index in [-0.39, 0.29) is 0 Å². The van der Waals surface area contributed by atoms with Gasteiger partial charge < -0.3 is 0 Å². The SMILES string of the molecule is C=NC/C(=C/C)CC(C)C/C(C)=C/C. The van der Waals surface area contributed by atoms with Crippen molar-refractivity contribution in [1.29, 1.82) is 0 Å². The van der Waals surface area contributed by atoms with E-state index in [1.54, 1.807) is 0 Å². The van der Waals surface area contributed by atoms with Gasteiger partial charge in [-0.2, -0.15) is 0 Å². The lowest BCUT2D eigenvalue weighted by Gasteiger charge is -2.13. The van der Waals surface area contributed by atoms with E-state index in [2.05, 4.69) is 51.6 Å². The summed E-state index contributed by atoms with van der Waals surface area (Å²) in [5.41, 5.74) is 2.87. The summed E-state index contributed by atoms with van der Waals surface area (Å²) in [4.78, 5) is 3.93. The maximum Gasteiger partial charge on any atom is 0.0592 e. The molecule has 1 nitrogen and oxygen atoms in total. The Kier molecular flexibility index (Phi) is 7.09. The van der Waals surface area contributed by atoms with Gasteiger partial charge in [0.2, 0.25) is 0 Å². The van der Waals surface area contributed by atoms with Crippen molar-refractivity contribution in [3.8, 4) is 0 Å². The Morgan fingerprint density at radius 1 is 1.29 bits per heavy atom. The molecule has 0 heterocycles. The first-order chi connectivity index (χ1) is 6.63. The van der Waals surface area contributed by atoms with Gasteiger partial charge in [0, 0.05) is 0 Å². The molecule has 0 radical (unpaired) electrons. The molecule has 0 saturated heterocycles. The predicted octanol–water partition coefficient (Wildman–Crippen LogP) is 4.02. The largest absolute Gasteiger partial charge is 0.297 e. The Morgan fingerprint density at radius 3 is 2.36 bits per heavy atom. The number of rotatable bonds is 6. The summed E-state index contributed by atoms with van der Waals surface area (Å²) in [6, 6.07) is 0. The Balaban J connectivity index is 4.03. The van der Waals surface area contributed by atoms with Gasteiger partial charge in [-0.15, -0.1) is 0 Å². The van der Waals surface area contributed by atoms with Gasteiger partial charge in [-0.3, -0.25) is 4.99 Å². The van der Waals surface area contributed by atoms with Crippen molar-refractivity contribution in [2.45, 2.75) is 40.5 Å². The normalized spacial score (nSPS) is 15.4. The fourth-order valence-corrected chi connectivity index (χ4v) is 1.60. The molecule has 1 atom stereocenters. The average Bonchev–Trinajstić information content (AvgIpc) is 2.16. The zero-order chi connectivity index (χ0) is 11.0. The molecule has 0 rings (SSSR count). The number of allylic oxidation sites excluding steroid dienone is 3. The fourth-order valence-electron chi connectivity index (χ4n) is 1.60. The van der Waals surface area contributed by atoms with Crippen LogP contribution in [0.1, 0.15) is 40.5 Å². The van der Waals surface area contributed by atoms with E-state index in [0.717, 1.165) is 13.0 Å². The highest BCUT2D eigenvalue weighted by molar-refractivity contribution is 5.25. The molecule has 0 aliphatic carbocycles. The summed E-state index contributed by atoms with van der Waals surface area (Å²) in [5.74, 6) is 0.708. The van der Waals surface area contributed by atoms with E-state index in [1.807, 2.05) is 0 Å². The molecule has 0 spiro atoms. The Bertz CT molecular complexity index is 223. The molecule has 0 saturated carbocycles. The molecule has 0 aliphatic rings. The third-order valence-electron chi connectivity index (χ3n) is 2.50. The summed E-state index contributed by atoms with van der Waals surface area (Å²) < 4.78 is 0. The van der Waals surface area contributed by atoms with Crippen molar-refractivity contribution in [3.63, 3.8) is 0 Å². The third kappa shape index (κ3) is 5.74. The van der Waals surface area contributed by atoms with Crippen molar-refractivity contribution in [2.24, 2.45) is 10.9 Å². The molecule has 0 N–H and O–H groups in total. The van der Waals surface area contributed by atoms with Gasteiger partial charge in [0.1, 0.15) is 0 Å². The molecule has 0 amide bonds. The first-order valence-electron chi connectivity index (χ1n) is 5.32. The van der Waals surface area contributed by atoms with Crippen LogP contribution < -0.4 is 0 Å². The highest BCUT2D eigenvalue weighted by atomic mass is 14.7. The van der Waals surface area contributed by atoms with E-state index in [0.29, 0.717) is 5.92 Å². The minimum absolute atomic E-state index is 0.708. The molecule has 14 heavy (non-hydrogen) atoms. The van der Waals surface area contributed by atoms with Crippen molar-refractivity contribution in [2.75, 3.05) is 6.54 Å².